The van der Waals surface area contributed by atoms with E-state index in [1.54, 1.807) is 0 Å². The number of benzene rings is 1. The Morgan fingerprint density at radius 2 is 2.24 bits per heavy atom. The molecule has 0 aromatic heterocycles. The standard InChI is InChI=1S/C14H18BrNO/c1-11-5-4-8-16(9-11)10-14(17)12-6-2-3-7-13(12)15/h2-3,6-7,11H,4-5,8-10H2,1H3. The van der Waals surface area contributed by atoms with Gasteiger partial charge in [0, 0.05) is 16.6 Å². The Kier molecular flexibility index (Phi) is 4.35. The summed E-state index contributed by atoms with van der Waals surface area (Å²) in [7, 11) is 0. The fraction of sp³-hybridized carbons (Fsp3) is 0.500. The van der Waals surface area contributed by atoms with Crippen LogP contribution in [0.2, 0.25) is 0 Å². The molecule has 3 heteroatoms. The van der Waals surface area contributed by atoms with Crippen molar-refractivity contribution in [3.05, 3.63) is 34.3 Å². The number of Topliss-reactive ketones (excluding diaryl/α,β-unsaturated/α-hetero) is 1. The molecule has 1 saturated heterocycles. The first-order valence-corrected chi connectivity index (χ1v) is 6.96. The first kappa shape index (κ1) is 12.8. The number of carbonyl (C=O) groups excluding carboxylic acids is 1. The van der Waals surface area contributed by atoms with Crippen molar-refractivity contribution in [2.45, 2.75) is 19.8 Å². The van der Waals surface area contributed by atoms with Crippen LogP contribution in [0.15, 0.2) is 28.7 Å². The predicted octanol–water partition coefficient (Wildman–Crippen LogP) is 3.36. The molecular formula is C14H18BrNO. The normalized spacial score (nSPS) is 21.4. The number of ketones is 1. The fourth-order valence-corrected chi connectivity index (χ4v) is 2.91. The summed E-state index contributed by atoms with van der Waals surface area (Å²) in [4.78, 5) is 14.4. The Bertz CT molecular complexity index is 405. The second kappa shape index (κ2) is 5.78. The van der Waals surface area contributed by atoms with Crippen LogP contribution in [0.25, 0.3) is 0 Å². The molecule has 17 heavy (non-hydrogen) atoms. The summed E-state index contributed by atoms with van der Waals surface area (Å²) in [6.07, 6.45) is 2.50. The van der Waals surface area contributed by atoms with Gasteiger partial charge in [0.05, 0.1) is 6.54 Å². The van der Waals surface area contributed by atoms with Crippen molar-refractivity contribution in [3.63, 3.8) is 0 Å². The zero-order valence-corrected chi connectivity index (χ0v) is 11.7. The topological polar surface area (TPSA) is 20.3 Å². The van der Waals surface area contributed by atoms with E-state index in [0.717, 1.165) is 29.0 Å². The molecule has 0 amide bonds. The van der Waals surface area contributed by atoms with Gasteiger partial charge in [0.2, 0.25) is 0 Å². The minimum absolute atomic E-state index is 0.214. The molecular weight excluding hydrogens is 278 g/mol. The monoisotopic (exact) mass is 295 g/mol. The molecule has 1 atom stereocenters. The highest BCUT2D eigenvalue weighted by atomic mass is 79.9. The average molecular weight is 296 g/mol. The third-order valence-corrected chi connectivity index (χ3v) is 3.97. The molecule has 1 unspecified atom stereocenters. The van der Waals surface area contributed by atoms with Crippen LogP contribution in [0.1, 0.15) is 30.1 Å². The SMILES string of the molecule is CC1CCCN(CC(=O)c2ccccc2Br)C1. The summed E-state index contributed by atoms with van der Waals surface area (Å²) in [6.45, 7) is 4.92. The number of halogens is 1. The highest BCUT2D eigenvalue weighted by molar-refractivity contribution is 9.10. The molecule has 1 aliphatic rings. The zero-order valence-electron chi connectivity index (χ0n) is 10.2. The van der Waals surface area contributed by atoms with Crippen LogP contribution in [-0.4, -0.2) is 30.3 Å². The van der Waals surface area contributed by atoms with Gasteiger partial charge < -0.3 is 0 Å². The van der Waals surface area contributed by atoms with Crippen molar-refractivity contribution in [2.75, 3.05) is 19.6 Å². The van der Waals surface area contributed by atoms with E-state index in [1.165, 1.54) is 12.8 Å². The van der Waals surface area contributed by atoms with Gasteiger partial charge in [0.1, 0.15) is 0 Å². The maximum atomic E-state index is 12.2. The minimum Gasteiger partial charge on any atom is -0.296 e. The number of nitrogens with zero attached hydrogens (tertiary/aromatic N) is 1. The van der Waals surface area contributed by atoms with Crippen molar-refractivity contribution in [2.24, 2.45) is 5.92 Å². The molecule has 0 N–H and O–H groups in total. The number of carbonyl (C=O) groups is 1. The van der Waals surface area contributed by atoms with E-state index in [-0.39, 0.29) is 5.78 Å². The van der Waals surface area contributed by atoms with Crippen molar-refractivity contribution in [1.82, 2.24) is 4.90 Å². The highest BCUT2D eigenvalue weighted by Gasteiger charge is 2.19. The van der Waals surface area contributed by atoms with Gasteiger partial charge in [-0.3, -0.25) is 9.69 Å². The Morgan fingerprint density at radius 1 is 1.47 bits per heavy atom. The predicted molar refractivity (Wildman–Crippen MR) is 73.3 cm³/mol. The van der Waals surface area contributed by atoms with E-state index in [4.69, 9.17) is 0 Å². The first-order valence-electron chi connectivity index (χ1n) is 6.17. The van der Waals surface area contributed by atoms with Gasteiger partial charge >= 0.3 is 0 Å². The van der Waals surface area contributed by atoms with Crippen molar-refractivity contribution in [3.8, 4) is 0 Å². The minimum atomic E-state index is 0.214. The maximum Gasteiger partial charge on any atom is 0.177 e. The lowest BCUT2D eigenvalue weighted by molar-refractivity contribution is 0.0892. The third kappa shape index (κ3) is 3.39. The van der Waals surface area contributed by atoms with Gasteiger partial charge in [-0.05, 0) is 31.4 Å². The van der Waals surface area contributed by atoms with Crippen molar-refractivity contribution < 1.29 is 4.79 Å². The zero-order chi connectivity index (χ0) is 12.3. The maximum absolute atomic E-state index is 12.2. The summed E-state index contributed by atoms with van der Waals surface area (Å²) >= 11 is 3.43. The summed E-state index contributed by atoms with van der Waals surface area (Å²) in [5.74, 6) is 0.933. The number of hydrogen-bond donors (Lipinski definition) is 0. The lowest BCUT2D eigenvalue weighted by Crippen LogP contribution is -2.38. The molecule has 0 spiro atoms. The molecule has 0 saturated carbocycles. The van der Waals surface area contributed by atoms with Gasteiger partial charge in [-0.2, -0.15) is 0 Å². The number of rotatable bonds is 3. The van der Waals surface area contributed by atoms with Crippen LogP contribution in [0, 0.1) is 5.92 Å². The van der Waals surface area contributed by atoms with Gasteiger partial charge in [-0.25, -0.2) is 0 Å². The van der Waals surface area contributed by atoms with Gasteiger partial charge in [0.15, 0.2) is 5.78 Å². The van der Waals surface area contributed by atoms with Crippen LogP contribution >= 0.6 is 15.9 Å². The second-order valence-corrected chi connectivity index (χ2v) is 5.74. The first-order chi connectivity index (χ1) is 8.16. The molecule has 1 aromatic rings. The largest absolute Gasteiger partial charge is 0.296 e. The average Bonchev–Trinajstić information content (AvgIpc) is 2.29. The number of hydrogen-bond acceptors (Lipinski definition) is 2. The van der Waals surface area contributed by atoms with Gasteiger partial charge in [0.25, 0.3) is 0 Å². The van der Waals surface area contributed by atoms with E-state index in [2.05, 4.69) is 27.8 Å². The molecule has 92 valence electrons. The van der Waals surface area contributed by atoms with Gasteiger partial charge in [-0.1, -0.05) is 41.1 Å². The lowest BCUT2D eigenvalue weighted by atomic mass is 9.99. The molecule has 2 rings (SSSR count). The Hall–Kier alpha value is -0.670. The van der Waals surface area contributed by atoms with Crippen LogP contribution < -0.4 is 0 Å². The van der Waals surface area contributed by atoms with Crippen molar-refractivity contribution in [1.29, 1.82) is 0 Å². The molecule has 1 aliphatic heterocycles. The summed E-state index contributed by atoms with van der Waals surface area (Å²) in [5.41, 5.74) is 0.797. The van der Waals surface area contributed by atoms with Crippen LogP contribution in [0.5, 0.6) is 0 Å². The van der Waals surface area contributed by atoms with E-state index in [1.807, 2.05) is 24.3 Å². The van der Waals surface area contributed by atoms with Crippen LogP contribution in [0.3, 0.4) is 0 Å². The highest BCUT2D eigenvalue weighted by Crippen LogP contribution is 2.19. The summed E-state index contributed by atoms with van der Waals surface area (Å²) in [5, 5.41) is 0. The number of likely N-dealkylation sites (tertiary alicyclic amines) is 1. The van der Waals surface area contributed by atoms with Crippen LogP contribution in [0.4, 0.5) is 0 Å². The molecule has 1 heterocycles. The quantitative estimate of drug-likeness (QED) is 0.797. The summed E-state index contributed by atoms with van der Waals surface area (Å²) in [6, 6.07) is 7.66. The number of piperidine rings is 1. The lowest BCUT2D eigenvalue weighted by Gasteiger charge is -2.30. The molecule has 0 bridgehead atoms. The second-order valence-electron chi connectivity index (χ2n) is 4.89. The van der Waals surface area contributed by atoms with Crippen LogP contribution in [-0.2, 0) is 0 Å². The van der Waals surface area contributed by atoms with E-state index >= 15 is 0 Å². The molecule has 1 fully saturated rings. The molecule has 1 aromatic carbocycles. The fourth-order valence-electron chi connectivity index (χ4n) is 2.41. The Morgan fingerprint density at radius 3 is 2.94 bits per heavy atom. The molecule has 2 nitrogen and oxygen atoms in total. The summed E-state index contributed by atoms with van der Waals surface area (Å²) < 4.78 is 0.898. The van der Waals surface area contributed by atoms with Gasteiger partial charge in [-0.15, -0.1) is 0 Å². The Labute approximate surface area is 111 Å². The van der Waals surface area contributed by atoms with E-state index in [9.17, 15) is 4.79 Å². The smallest absolute Gasteiger partial charge is 0.177 e. The van der Waals surface area contributed by atoms with Crippen molar-refractivity contribution >= 4 is 21.7 Å². The molecule has 0 radical (unpaired) electrons. The molecule has 0 aliphatic carbocycles. The van der Waals surface area contributed by atoms with E-state index < -0.39 is 0 Å². The third-order valence-electron chi connectivity index (χ3n) is 3.28. The van der Waals surface area contributed by atoms with E-state index in [0.29, 0.717) is 6.54 Å². The Balaban J connectivity index is 1.99.